The highest BCUT2D eigenvalue weighted by Crippen LogP contribution is 2.24. The Bertz CT molecular complexity index is 346. The van der Waals surface area contributed by atoms with Crippen LogP contribution in [0.25, 0.3) is 0 Å². The lowest BCUT2D eigenvalue weighted by molar-refractivity contribution is -0.167. The van der Waals surface area contributed by atoms with Crippen molar-refractivity contribution in [3.05, 3.63) is 12.2 Å². The second-order valence-corrected chi connectivity index (χ2v) is 3.84. The fourth-order valence-electron chi connectivity index (χ4n) is 1.10. The normalized spacial score (nSPS) is 13.9. The van der Waals surface area contributed by atoms with E-state index in [4.69, 9.17) is 9.84 Å². The summed E-state index contributed by atoms with van der Waals surface area (Å²) >= 11 is 0. The highest BCUT2D eigenvalue weighted by Gasteiger charge is 2.41. The maximum atomic E-state index is 11.6. The third-order valence-corrected chi connectivity index (χ3v) is 2.27. The number of carboxylic acids is 1. The van der Waals surface area contributed by atoms with Gasteiger partial charge in [0.1, 0.15) is 6.61 Å². The predicted molar refractivity (Wildman–Crippen MR) is 62.8 cm³/mol. The summed E-state index contributed by atoms with van der Waals surface area (Å²) in [4.78, 5) is 33.1. The van der Waals surface area contributed by atoms with Crippen LogP contribution in [0.15, 0.2) is 12.2 Å². The molecule has 6 heteroatoms. The zero-order chi connectivity index (χ0) is 14.2. The van der Waals surface area contributed by atoms with Crippen molar-refractivity contribution in [3.8, 4) is 0 Å². The van der Waals surface area contributed by atoms with Gasteiger partial charge in [0.05, 0.1) is 6.61 Å². The van der Waals surface area contributed by atoms with Crippen molar-refractivity contribution in [3.63, 3.8) is 0 Å². The van der Waals surface area contributed by atoms with Crippen molar-refractivity contribution in [2.75, 3.05) is 13.2 Å². The lowest BCUT2D eigenvalue weighted by Gasteiger charge is -2.20. The van der Waals surface area contributed by atoms with E-state index in [0.717, 1.165) is 0 Å². The fraction of sp³-hybridized carbons (Fsp3) is 0.583. The Labute approximate surface area is 106 Å². The number of carboxylic acid groups (broad SMARTS) is 1. The minimum Gasteiger partial charge on any atom is -0.480 e. The Balaban J connectivity index is 4.49. The second kappa shape index (κ2) is 7.47. The molecular formula is C12H18O6. The zero-order valence-electron chi connectivity index (χ0n) is 10.8. The molecule has 0 fully saturated rings. The molecule has 0 bridgehead atoms. The van der Waals surface area contributed by atoms with Crippen LogP contribution in [0.5, 0.6) is 0 Å². The summed E-state index contributed by atoms with van der Waals surface area (Å²) in [5, 5.41) is 9.05. The molecule has 0 aromatic rings. The molecule has 0 spiro atoms. The van der Waals surface area contributed by atoms with Gasteiger partial charge in [0.25, 0.3) is 0 Å². The Hall–Kier alpha value is -1.85. The molecule has 0 heterocycles. The summed E-state index contributed by atoms with van der Waals surface area (Å²) in [5.41, 5.74) is -1.62. The predicted octanol–water partition coefficient (Wildman–Crippen LogP) is 1.15. The molecule has 0 aromatic carbocycles. The van der Waals surface area contributed by atoms with Crippen molar-refractivity contribution >= 4 is 17.9 Å². The molecule has 0 saturated carbocycles. The average Bonchev–Trinajstić information content (AvgIpc) is 2.27. The molecule has 102 valence electrons. The van der Waals surface area contributed by atoms with Gasteiger partial charge in [-0.05, 0) is 20.3 Å². The number of ether oxygens (including phenoxy) is 2. The molecule has 0 aliphatic rings. The lowest BCUT2D eigenvalue weighted by atomic mass is 9.87. The maximum Gasteiger partial charge on any atom is 0.323 e. The average molecular weight is 258 g/mol. The molecule has 0 saturated heterocycles. The SMILES string of the molecule is CCOC(=O)C(C)(CC=CCOC(C)=O)C(=O)O. The monoisotopic (exact) mass is 258 g/mol. The Morgan fingerprint density at radius 2 is 1.83 bits per heavy atom. The van der Waals surface area contributed by atoms with Crippen molar-refractivity contribution in [2.45, 2.75) is 27.2 Å². The molecule has 0 radical (unpaired) electrons. The van der Waals surface area contributed by atoms with Crippen LogP contribution in [0.1, 0.15) is 27.2 Å². The largest absolute Gasteiger partial charge is 0.480 e. The summed E-state index contributed by atoms with van der Waals surface area (Å²) in [5.74, 6) is -2.46. The molecule has 6 nitrogen and oxygen atoms in total. The molecule has 0 aliphatic carbocycles. The molecule has 0 aromatic heterocycles. The van der Waals surface area contributed by atoms with E-state index in [-0.39, 0.29) is 19.6 Å². The van der Waals surface area contributed by atoms with Crippen molar-refractivity contribution in [1.82, 2.24) is 0 Å². The quantitative estimate of drug-likeness (QED) is 0.418. The first-order chi connectivity index (χ1) is 8.34. The van der Waals surface area contributed by atoms with Crippen molar-refractivity contribution in [1.29, 1.82) is 0 Å². The van der Waals surface area contributed by atoms with E-state index in [2.05, 4.69) is 4.74 Å². The highest BCUT2D eigenvalue weighted by molar-refractivity contribution is 5.98. The number of hydrogen-bond acceptors (Lipinski definition) is 5. The minimum atomic E-state index is -1.62. The van der Waals surface area contributed by atoms with Crippen LogP contribution >= 0.6 is 0 Å². The first kappa shape index (κ1) is 16.1. The van der Waals surface area contributed by atoms with E-state index >= 15 is 0 Å². The summed E-state index contributed by atoms with van der Waals surface area (Å²) in [7, 11) is 0. The van der Waals surface area contributed by atoms with Crippen molar-refractivity contribution < 1.29 is 29.0 Å². The number of rotatable bonds is 7. The van der Waals surface area contributed by atoms with E-state index in [9.17, 15) is 14.4 Å². The fourth-order valence-corrected chi connectivity index (χ4v) is 1.10. The maximum absolute atomic E-state index is 11.6. The van der Waals surface area contributed by atoms with Gasteiger partial charge in [-0.1, -0.05) is 12.2 Å². The van der Waals surface area contributed by atoms with E-state index in [1.54, 1.807) is 6.92 Å². The van der Waals surface area contributed by atoms with E-state index in [1.807, 2.05) is 0 Å². The van der Waals surface area contributed by atoms with E-state index < -0.39 is 23.3 Å². The van der Waals surface area contributed by atoms with Crippen LogP contribution in [0, 0.1) is 5.41 Å². The second-order valence-electron chi connectivity index (χ2n) is 3.84. The van der Waals surface area contributed by atoms with Gasteiger partial charge in [0.2, 0.25) is 0 Å². The van der Waals surface area contributed by atoms with Crippen LogP contribution in [0.3, 0.4) is 0 Å². The lowest BCUT2D eigenvalue weighted by Crippen LogP contribution is -2.37. The van der Waals surface area contributed by atoms with E-state index in [1.165, 1.54) is 26.0 Å². The van der Waals surface area contributed by atoms with Gasteiger partial charge in [-0.25, -0.2) is 0 Å². The molecule has 0 rings (SSSR count). The number of aliphatic carboxylic acids is 1. The zero-order valence-corrected chi connectivity index (χ0v) is 10.8. The smallest absolute Gasteiger partial charge is 0.323 e. The third-order valence-electron chi connectivity index (χ3n) is 2.27. The van der Waals surface area contributed by atoms with Gasteiger partial charge in [-0.2, -0.15) is 0 Å². The molecular weight excluding hydrogens is 240 g/mol. The van der Waals surface area contributed by atoms with Crippen LogP contribution < -0.4 is 0 Å². The van der Waals surface area contributed by atoms with Gasteiger partial charge in [-0.3, -0.25) is 14.4 Å². The number of carbonyl (C=O) groups is 3. The Morgan fingerprint density at radius 3 is 2.28 bits per heavy atom. The standard InChI is InChI=1S/C12H18O6/c1-4-17-11(16)12(3,10(14)15)7-5-6-8-18-9(2)13/h5-6H,4,7-8H2,1-3H3,(H,14,15). The number of allylic oxidation sites excluding steroid dienone is 1. The molecule has 0 amide bonds. The number of carbonyl (C=O) groups excluding carboxylic acids is 2. The Morgan fingerprint density at radius 1 is 1.22 bits per heavy atom. The van der Waals surface area contributed by atoms with Crippen LogP contribution in [-0.4, -0.2) is 36.2 Å². The number of hydrogen-bond donors (Lipinski definition) is 1. The van der Waals surface area contributed by atoms with Crippen LogP contribution in [0.4, 0.5) is 0 Å². The van der Waals surface area contributed by atoms with Gasteiger partial charge in [0.15, 0.2) is 5.41 Å². The molecule has 0 aliphatic heterocycles. The van der Waals surface area contributed by atoms with Gasteiger partial charge in [0, 0.05) is 6.92 Å². The number of esters is 2. The van der Waals surface area contributed by atoms with E-state index in [0.29, 0.717) is 0 Å². The molecule has 1 unspecified atom stereocenters. The first-order valence-corrected chi connectivity index (χ1v) is 5.53. The third kappa shape index (κ3) is 4.99. The Kier molecular flexibility index (Phi) is 6.70. The topological polar surface area (TPSA) is 89.9 Å². The van der Waals surface area contributed by atoms with Gasteiger partial charge in [-0.15, -0.1) is 0 Å². The first-order valence-electron chi connectivity index (χ1n) is 5.53. The van der Waals surface area contributed by atoms with Gasteiger partial charge >= 0.3 is 17.9 Å². The summed E-state index contributed by atoms with van der Waals surface area (Å²) in [6.45, 7) is 4.35. The highest BCUT2D eigenvalue weighted by atomic mass is 16.5. The summed E-state index contributed by atoms with van der Waals surface area (Å²) < 4.78 is 9.36. The van der Waals surface area contributed by atoms with Crippen LogP contribution in [-0.2, 0) is 23.9 Å². The summed E-state index contributed by atoms with van der Waals surface area (Å²) in [6.07, 6.45) is 2.94. The molecule has 1 N–H and O–H groups in total. The van der Waals surface area contributed by atoms with Crippen molar-refractivity contribution in [2.24, 2.45) is 5.41 Å². The van der Waals surface area contributed by atoms with Gasteiger partial charge < -0.3 is 14.6 Å². The summed E-state index contributed by atoms with van der Waals surface area (Å²) in [6, 6.07) is 0. The van der Waals surface area contributed by atoms with Crippen LogP contribution in [0.2, 0.25) is 0 Å². The molecule has 1 atom stereocenters. The minimum absolute atomic E-state index is 0.0254. The molecule has 18 heavy (non-hydrogen) atoms.